The summed E-state index contributed by atoms with van der Waals surface area (Å²) in [4.78, 5) is 0. The second kappa shape index (κ2) is 3.84. The van der Waals surface area contributed by atoms with Crippen LogP contribution in [0.15, 0.2) is 34.9 Å². The van der Waals surface area contributed by atoms with Gasteiger partial charge in [-0.25, -0.2) is 0 Å². The van der Waals surface area contributed by atoms with Crippen LogP contribution in [0, 0.1) is 0 Å². The van der Waals surface area contributed by atoms with Gasteiger partial charge in [-0.15, -0.1) is 0 Å². The van der Waals surface area contributed by atoms with Gasteiger partial charge < -0.3 is 4.74 Å². The van der Waals surface area contributed by atoms with Gasteiger partial charge in [0, 0.05) is 5.56 Å². The van der Waals surface area contributed by atoms with Crippen LogP contribution >= 0.6 is 15.9 Å². The normalized spacial score (nSPS) is 10.1. The van der Waals surface area contributed by atoms with E-state index >= 15 is 0 Å². The van der Waals surface area contributed by atoms with Crippen LogP contribution in [0.25, 0.3) is 11.3 Å². The number of rotatable bonds is 2. The molecule has 4 heteroatoms. The Morgan fingerprint density at radius 3 is 2.50 bits per heavy atom. The predicted octanol–water partition coefficient (Wildman–Crippen LogP) is 2.85. The first kappa shape index (κ1) is 9.27. The number of hydrogen-bond acceptors (Lipinski definition) is 2. The molecule has 1 aromatic carbocycles. The summed E-state index contributed by atoms with van der Waals surface area (Å²) in [6.45, 7) is 0. The molecule has 14 heavy (non-hydrogen) atoms. The molecule has 0 amide bonds. The molecule has 0 aliphatic heterocycles. The Labute approximate surface area is 90.2 Å². The predicted molar refractivity (Wildman–Crippen MR) is 58.3 cm³/mol. The van der Waals surface area contributed by atoms with Crippen LogP contribution in [0.5, 0.6) is 5.75 Å². The molecular formula is C10H9BrN2O. The second-order valence-corrected chi connectivity index (χ2v) is 3.68. The zero-order valence-corrected chi connectivity index (χ0v) is 9.21. The highest BCUT2D eigenvalue weighted by Gasteiger charge is 2.01. The molecule has 72 valence electrons. The molecule has 0 unspecified atom stereocenters. The Hall–Kier alpha value is -1.29. The minimum atomic E-state index is 0.850. The number of benzene rings is 1. The van der Waals surface area contributed by atoms with Crippen LogP contribution in [0.4, 0.5) is 0 Å². The van der Waals surface area contributed by atoms with Gasteiger partial charge in [-0.1, -0.05) is 0 Å². The molecule has 0 spiro atoms. The fraction of sp³-hybridized carbons (Fsp3) is 0.100. The number of H-pyrrole nitrogens is 1. The maximum atomic E-state index is 5.07. The van der Waals surface area contributed by atoms with Gasteiger partial charge in [-0.05, 0) is 46.3 Å². The number of ether oxygens (including phenoxy) is 1. The molecule has 0 aliphatic carbocycles. The smallest absolute Gasteiger partial charge is 0.118 e. The van der Waals surface area contributed by atoms with E-state index in [0.717, 1.165) is 21.6 Å². The van der Waals surface area contributed by atoms with E-state index in [-0.39, 0.29) is 0 Å². The summed E-state index contributed by atoms with van der Waals surface area (Å²) >= 11 is 3.31. The number of hydrogen-bond donors (Lipinski definition) is 1. The number of methoxy groups -OCH3 is 1. The monoisotopic (exact) mass is 252 g/mol. The van der Waals surface area contributed by atoms with Gasteiger partial charge in [0.2, 0.25) is 0 Å². The molecule has 0 atom stereocenters. The van der Waals surface area contributed by atoms with Gasteiger partial charge in [0.25, 0.3) is 0 Å². The lowest BCUT2D eigenvalue weighted by molar-refractivity contribution is 0.415. The number of nitrogens with zero attached hydrogens (tertiary/aromatic N) is 1. The SMILES string of the molecule is COc1ccc(-c2cc(Br)[nH]n2)cc1. The summed E-state index contributed by atoms with van der Waals surface area (Å²) in [5, 5.41) is 6.96. The van der Waals surface area contributed by atoms with Crippen molar-refractivity contribution in [3.8, 4) is 17.0 Å². The Balaban J connectivity index is 2.33. The summed E-state index contributed by atoms with van der Waals surface area (Å²) < 4.78 is 5.95. The van der Waals surface area contributed by atoms with Crippen LogP contribution in [0.1, 0.15) is 0 Å². The van der Waals surface area contributed by atoms with Crippen molar-refractivity contribution in [3.63, 3.8) is 0 Å². The summed E-state index contributed by atoms with van der Waals surface area (Å²) in [5.41, 5.74) is 1.98. The fourth-order valence-corrected chi connectivity index (χ4v) is 1.51. The van der Waals surface area contributed by atoms with Crippen molar-refractivity contribution >= 4 is 15.9 Å². The Morgan fingerprint density at radius 2 is 2.00 bits per heavy atom. The quantitative estimate of drug-likeness (QED) is 0.893. The Kier molecular flexibility index (Phi) is 2.54. The Bertz CT molecular complexity index is 422. The summed E-state index contributed by atoms with van der Waals surface area (Å²) in [7, 11) is 1.65. The zero-order chi connectivity index (χ0) is 9.97. The molecule has 1 aromatic heterocycles. The number of nitrogens with one attached hydrogen (secondary N) is 1. The summed E-state index contributed by atoms with van der Waals surface area (Å²) in [6.07, 6.45) is 0. The van der Waals surface area contributed by atoms with E-state index in [2.05, 4.69) is 26.1 Å². The van der Waals surface area contributed by atoms with Gasteiger partial charge in [0.15, 0.2) is 0 Å². The highest BCUT2D eigenvalue weighted by Crippen LogP contribution is 2.22. The third-order valence-corrected chi connectivity index (χ3v) is 2.34. The molecule has 0 radical (unpaired) electrons. The molecule has 3 nitrogen and oxygen atoms in total. The maximum absolute atomic E-state index is 5.07. The van der Waals surface area contributed by atoms with E-state index in [1.807, 2.05) is 30.3 Å². The fourth-order valence-electron chi connectivity index (χ4n) is 1.21. The molecule has 2 rings (SSSR count). The molecule has 0 saturated heterocycles. The lowest BCUT2D eigenvalue weighted by atomic mass is 10.1. The van der Waals surface area contributed by atoms with Gasteiger partial charge in [-0.3, -0.25) is 5.10 Å². The molecule has 0 fully saturated rings. The van der Waals surface area contributed by atoms with Crippen LogP contribution < -0.4 is 4.74 Å². The van der Waals surface area contributed by atoms with Gasteiger partial charge >= 0.3 is 0 Å². The minimum Gasteiger partial charge on any atom is -0.497 e. The van der Waals surface area contributed by atoms with E-state index in [1.54, 1.807) is 7.11 Å². The molecule has 1 N–H and O–H groups in total. The maximum Gasteiger partial charge on any atom is 0.118 e. The van der Waals surface area contributed by atoms with Gasteiger partial charge in [0.1, 0.15) is 10.4 Å². The van der Waals surface area contributed by atoms with Crippen molar-refractivity contribution in [1.29, 1.82) is 0 Å². The number of aromatic nitrogens is 2. The average Bonchev–Trinajstić information content (AvgIpc) is 2.65. The van der Waals surface area contributed by atoms with Crippen LogP contribution in [0.2, 0.25) is 0 Å². The topological polar surface area (TPSA) is 37.9 Å². The van der Waals surface area contributed by atoms with Crippen molar-refractivity contribution in [2.45, 2.75) is 0 Å². The van der Waals surface area contributed by atoms with Crippen LogP contribution in [-0.2, 0) is 0 Å². The zero-order valence-electron chi connectivity index (χ0n) is 7.62. The van der Waals surface area contributed by atoms with Crippen molar-refractivity contribution in [3.05, 3.63) is 34.9 Å². The Morgan fingerprint density at radius 1 is 1.29 bits per heavy atom. The van der Waals surface area contributed by atoms with Crippen molar-refractivity contribution < 1.29 is 4.74 Å². The minimum absolute atomic E-state index is 0.850. The lowest BCUT2D eigenvalue weighted by Crippen LogP contribution is -1.82. The average molecular weight is 253 g/mol. The lowest BCUT2D eigenvalue weighted by Gasteiger charge is -1.99. The van der Waals surface area contributed by atoms with Crippen molar-refractivity contribution in [2.24, 2.45) is 0 Å². The summed E-state index contributed by atoms with van der Waals surface area (Å²) in [5.74, 6) is 0.850. The van der Waals surface area contributed by atoms with Crippen molar-refractivity contribution in [1.82, 2.24) is 10.2 Å². The molecule has 2 aromatic rings. The highest BCUT2D eigenvalue weighted by atomic mass is 79.9. The van der Waals surface area contributed by atoms with E-state index in [9.17, 15) is 0 Å². The van der Waals surface area contributed by atoms with Crippen molar-refractivity contribution in [2.75, 3.05) is 7.11 Å². The van der Waals surface area contributed by atoms with Crippen LogP contribution in [0.3, 0.4) is 0 Å². The number of aromatic amines is 1. The third-order valence-electron chi connectivity index (χ3n) is 1.93. The molecule has 0 saturated carbocycles. The molecular weight excluding hydrogens is 244 g/mol. The van der Waals surface area contributed by atoms with E-state index in [1.165, 1.54) is 0 Å². The van der Waals surface area contributed by atoms with E-state index in [0.29, 0.717) is 0 Å². The highest BCUT2D eigenvalue weighted by molar-refractivity contribution is 9.10. The van der Waals surface area contributed by atoms with Crippen LogP contribution in [-0.4, -0.2) is 17.3 Å². The number of halogens is 1. The molecule has 0 bridgehead atoms. The third kappa shape index (κ3) is 1.80. The van der Waals surface area contributed by atoms with E-state index in [4.69, 9.17) is 4.74 Å². The van der Waals surface area contributed by atoms with Gasteiger partial charge in [-0.2, -0.15) is 5.10 Å². The first-order valence-electron chi connectivity index (χ1n) is 4.15. The molecule has 1 heterocycles. The second-order valence-electron chi connectivity index (χ2n) is 2.83. The van der Waals surface area contributed by atoms with Gasteiger partial charge in [0.05, 0.1) is 12.8 Å². The largest absolute Gasteiger partial charge is 0.497 e. The summed E-state index contributed by atoms with van der Waals surface area (Å²) in [6, 6.07) is 9.71. The molecule has 0 aliphatic rings. The first-order valence-corrected chi connectivity index (χ1v) is 4.94. The van der Waals surface area contributed by atoms with E-state index < -0.39 is 0 Å². The standard InChI is InChI=1S/C10H9BrN2O/c1-14-8-4-2-7(3-5-8)9-6-10(11)13-12-9/h2-6H,1H3,(H,12,13). The first-order chi connectivity index (χ1) is 6.79.